The van der Waals surface area contributed by atoms with Gasteiger partial charge in [-0.15, -0.1) is 0 Å². The minimum absolute atomic E-state index is 0.127. The Hall–Kier alpha value is -4.00. The van der Waals surface area contributed by atoms with Gasteiger partial charge in [0.2, 0.25) is 11.7 Å². The van der Waals surface area contributed by atoms with Crippen molar-refractivity contribution in [3.05, 3.63) is 87.3 Å². The van der Waals surface area contributed by atoms with Crippen LogP contribution in [0.2, 0.25) is 0 Å². The molecule has 1 N–H and O–H groups in total. The number of pyridine rings is 1. The molecule has 1 amide bonds. The molecule has 162 valence electrons. The van der Waals surface area contributed by atoms with Gasteiger partial charge in [-0.1, -0.05) is 46.6 Å². The molecule has 0 aliphatic heterocycles. The van der Waals surface area contributed by atoms with Crippen molar-refractivity contribution in [3.8, 4) is 22.8 Å². The van der Waals surface area contributed by atoms with E-state index in [4.69, 9.17) is 4.52 Å². The lowest BCUT2D eigenvalue weighted by Crippen LogP contribution is -2.27. The molecule has 4 rings (SSSR count). The summed E-state index contributed by atoms with van der Waals surface area (Å²) in [4.78, 5) is 29.5. The van der Waals surface area contributed by atoms with Crippen LogP contribution in [0.3, 0.4) is 0 Å². The molecular formula is C25H24N4O3. The van der Waals surface area contributed by atoms with Crippen LogP contribution in [0.25, 0.3) is 22.8 Å². The Morgan fingerprint density at radius 1 is 0.969 bits per heavy atom. The standard InChI is InChI=1S/C25H24N4O3/c1-15-6-5-7-19(12-15)24-27-25(32-28-24)20-8-9-22(31)29(13-20)14-21(30)26-23-17(3)10-16(2)11-18(23)4/h5-13H,14H2,1-4H3,(H,26,30). The molecule has 0 aliphatic carbocycles. The Morgan fingerprint density at radius 3 is 2.44 bits per heavy atom. The maximum Gasteiger partial charge on any atom is 0.259 e. The van der Waals surface area contributed by atoms with Gasteiger partial charge in [0.15, 0.2) is 0 Å². The second-order valence-corrected chi connectivity index (χ2v) is 8.00. The third-order valence-electron chi connectivity index (χ3n) is 5.19. The Bertz CT molecular complexity index is 1340. The number of anilines is 1. The Morgan fingerprint density at radius 2 is 1.72 bits per heavy atom. The zero-order valence-electron chi connectivity index (χ0n) is 18.5. The molecular weight excluding hydrogens is 404 g/mol. The molecule has 0 saturated heterocycles. The fourth-order valence-corrected chi connectivity index (χ4v) is 3.73. The second kappa shape index (κ2) is 8.63. The fraction of sp³-hybridized carbons (Fsp3) is 0.200. The van der Waals surface area contributed by atoms with Gasteiger partial charge < -0.3 is 14.4 Å². The normalized spacial score (nSPS) is 10.9. The van der Waals surface area contributed by atoms with E-state index in [0.717, 1.165) is 33.5 Å². The molecule has 32 heavy (non-hydrogen) atoms. The van der Waals surface area contributed by atoms with Crippen LogP contribution in [-0.4, -0.2) is 20.6 Å². The lowest BCUT2D eigenvalue weighted by molar-refractivity contribution is -0.116. The van der Waals surface area contributed by atoms with Crippen molar-refractivity contribution in [2.75, 3.05) is 5.32 Å². The summed E-state index contributed by atoms with van der Waals surface area (Å²) in [6.07, 6.45) is 1.56. The molecule has 0 bridgehead atoms. The third kappa shape index (κ3) is 4.51. The lowest BCUT2D eigenvalue weighted by atomic mass is 10.1. The van der Waals surface area contributed by atoms with Crippen LogP contribution >= 0.6 is 0 Å². The van der Waals surface area contributed by atoms with E-state index in [1.165, 1.54) is 10.6 Å². The summed E-state index contributed by atoms with van der Waals surface area (Å²) in [6.45, 7) is 7.77. The highest BCUT2D eigenvalue weighted by Gasteiger charge is 2.14. The molecule has 0 fully saturated rings. The molecule has 7 heteroatoms. The number of rotatable bonds is 5. The number of nitrogens with zero attached hydrogens (tertiary/aromatic N) is 3. The number of carbonyl (C=O) groups excluding carboxylic acids is 1. The first kappa shape index (κ1) is 21.2. The third-order valence-corrected chi connectivity index (χ3v) is 5.19. The van der Waals surface area contributed by atoms with Gasteiger partial charge in [0, 0.05) is 23.5 Å². The zero-order valence-corrected chi connectivity index (χ0v) is 18.5. The highest BCUT2D eigenvalue weighted by molar-refractivity contribution is 5.92. The van der Waals surface area contributed by atoms with Gasteiger partial charge >= 0.3 is 0 Å². The van der Waals surface area contributed by atoms with Crippen molar-refractivity contribution in [3.63, 3.8) is 0 Å². The summed E-state index contributed by atoms with van der Waals surface area (Å²) in [6, 6.07) is 14.8. The first-order chi connectivity index (χ1) is 15.3. The van der Waals surface area contributed by atoms with E-state index in [2.05, 4.69) is 15.5 Å². The summed E-state index contributed by atoms with van der Waals surface area (Å²) in [5.74, 6) is 0.454. The molecule has 0 saturated carbocycles. The van der Waals surface area contributed by atoms with Crippen LogP contribution in [0, 0.1) is 27.7 Å². The van der Waals surface area contributed by atoms with E-state index in [0.29, 0.717) is 11.4 Å². The van der Waals surface area contributed by atoms with Crippen molar-refractivity contribution < 1.29 is 9.32 Å². The van der Waals surface area contributed by atoms with E-state index in [9.17, 15) is 9.59 Å². The predicted molar refractivity (Wildman–Crippen MR) is 123 cm³/mol. The maximum atomic E-state index is 12.7. The number of hydrogen-bond acceptors (Lipinski definition) is 5. The Kier molecular flexibility index (Phi) is 5.73. The van der Waals surface area contributed by atoms with Gasteiger partial charge in [-0.25, -0.2) is 0 Å². The maximum absolute atomic E-state index is 12.7. The van der Waals surface area contributed by atoms with Gasteiger partial charge in [0.25, 0.3) is 11.4 Å². The van der Waals surface area contributed by atoms with Crippen molar-refractivity contribution in [1.29, 1.82) is 0 Å². The van der Waals surface area contributed by atoms with Crippen LogP contribution < -0.4 is 10.9 Å². The van der Waals surface area contributed by atoms with E-state index in [-0.39, 0.29) is 23.9 Å². The Labute approximate surface area is 185 Å². The first-order valence-electron chi connectivity index (χ1n) is 10.3. The summed E-state index contributed by atoms with van der Waals surface area (Å²) in [7, 11) is 0. The van der Waals surface area contributed by atoms with Gasteiger partial charge in [-0.3, -0.25) is 9.59 Å². The van der Waals surface area contributed by atoms with E-state index < -0.39 is 0 Å². The van der Waals surface area contributed by atoms with Gasteiger partial charge in [-0.2, -0.15) is 4.98 Å². The zero-order chi connectivity index (χ0) is 22.8. The number of aromatic nitrogens is 3. The number of benzene rings is 2. The average molecular weight is 428 g/mol. The number of hydrogen-bond donors (Lipinski definition) is 1. The van der Waals surface area contributed by atoms with Gasteiger partial charge in [0.1, 0.15) is 6.54 Å². The summed E-state index contributed by atoms with van der Waals surface area (Å²) >= 11 is 0. The minimum atomic E-state index is -0.292. The van der Waals surface area contributed by atoms with Crippen LogP contribution in [0.4, 0.5) is 5.69 Å². The largest absolute Gasteiger partial charge is 0.334 e. The summed E-state index contributed by atoms with van der Waals surface area (Å²) < 4.78 is 6.74. The van der Waals surface area contributed by atoms with Gasteiger partial charge in [0.05, 0.1) is 5.56 Å². The number of aryl methyl sites for hydroxylation is 4. The van der Waals surface area contributed by atoms with Crippen LogP contribution in [-0.2, 0) is 11.3 Å². The van der Waals surface area contributed by atoms with Crippen molar-refractivity contribution in [1.82, 2.24) is 14.7 Å². The van der Waals surface area contributed by atoms with E-state index in [1.807, 2.05) is 64.1 Å². The first-order valence-corrected chi connectivity index (χ1v) is 10.3. The molecule has 0 radical (unpaired) electrons. The molecule has 2 heterocycles. The summed E-state index contributed by atoms with van der Waals surface area (Å²) in [5, 5.41) is 6.97. The highest BCUT2D eigenvalue weighted by Crippen LogP contribution is 2.23. The van der Waals surface area contributed by atoms with Crippen LogP contribution in [0.15, 0.2) is 64.0 Å². The van der Waals surface area contributed by atoms with Crippen molar-refractivity contribution in [2.24, 2.45) is 0 Å². The monoisotopic (exact) mass is 428 g/mol. The van der Waals surface area contributed by atoms with Gasteiger partial charge in [-0.05, 0) is 51.0 Å². The smallest absolute Gasteiger partial charge is 0.259 e. The number of amides is 1. The lowest BCUT2D eigenvalue weighted by Gasteiger charge is -2.13. The number of carbonyl (C=O) groups is 1. The molecule has 2 aromatic heterocycles. The molecule has 0 aliphatic rings. The minimum Gasteiger partial charge on any atom is -0.334 e. The quantitative estimate of drug-likeness (QED) is 0.508. The average Bonchev–Trinajstić information content (AvgIpc) is 3.23. The molecule has 2 aromatic carbocycles. The topological polar surface area (TPSA) is 90.0 Å². The van der Waals surface area contributed by atoms with E-state index in [1.54, 1.807) is 12.3 Å². The predicted octanol–water partition coefficient (Wildman–Crippen LogP) is 4.44. The molecule has 7 nitrogen and oxygen atoms in total. The Balaban J connectivity index is 1.56. The number of nitrogens with one attached hydrogen (secondary N) is 1. The van der Waals surface area contributed by atoms with Crippen molar-refractivity contribution in [2.45, 2.75) is 34.2 Å². The van der Waals surface area contributed by atoms with Crippen LogP contribution in [0.5, 0.6) is 0 Å². The SMILES string of the molecule is Cc1cccc(-c2noc(-c3ccc(=O)n(CC(=O)Nc4c(C)cc(C)cc4C)c3)n2)c1. The van der Waals surface area contributed by atoms with E-state index >= 15 is 0 Å². The van der Waals surface area contributed by atoms with Crippen LogP contribution in [0.1, 0.15) is 22.3 Å². The van der Waals surface area contributed by atoms with Crippen molar-refractivity contribution >= 4 is 11.6 Å². The summed E-state index contributed by atoms with van der Waals surface area (Å²) in [5.41, 5.74) is 6.06. The molecule has 4 aromatic rings. The second-order valence-electron chi connectivity index (χ2n) is 8.00. The highest BCUT2D eigenvalue weighted by atomic mass is 16.5. The fourth-order valence-electron chi connectivity index (χ4n) is 3.73. The molecule has 0 atom stereocenters. The molecule has 0 unspecified atom stereocenters. The molecule has 0 spiro atoms.